The number of phenolic OH excluding ortho intramolecular Hbond substituents is 1. The molecule has 158 valence electrons. The second-order valence-electron chi connectivity index (χ2n) is 5.87. The predicted molar refractivity (Wildman–Crippen MR) is 91.8 cm³/mol. The summed E-state index contributed by atoms with van der Waals surface area (Å²) in [6, 6.07) is -0.503. The fourth-order valence-corrected chi connectivity index (χ4v) is 2.94. The lowest BCUT2D eigenvalue weighted by Crippen LogP contribution is -2.50. The SMILES string of the molecule is CNS(=O)(=O)CCC(N)C(=O)NC(Cc1ccc(O)c(C(F)(F)F)c1)C(=O)O. The molecule has 0 radical (unpaired) electrons. The van der Waals surface area contributed by atoms with Crippen molar-refractivity contribution in [1.29, 1.82) is 0 Å². The van der Waals surface area contributed by atoms with E-state index in [1.165, 1.54) is 7.05 Å². The molecule has 0 saturated heterocycles. The van der Waals surface area contributed by atoms with Gasteiger partial charge in [0.25, 0.3) is 0 Å². The maximum atomic E-state index is 12.8. The van der Waals surface area contributed by atoms with Gasteiger partial charge >= 0.3 is 12.1 Å². The molecule has 13 heteroatoms. The van der Waals surface area contributed by atoms with Crippen LogP contribution in [0.5, 0.6) is 5.75 Å². The number of carboxylic acids is 1. The van der Waals surface area contributed by atoms with E-state index in [9.17, 15) is 41.4 Å². The van der Waals surface area contributed by atoms with Crippen LogP contribution in [0.4, 0.5) is 13.2 Å². The zero-order chi connectivity index (χ0) is 21.7. The molecule has 9 nitrogen and oxygen atoms in total. The van der Waals surface area contributed by atoms with Crippen molar-refractivity contribution in [3.8, 4) is 5.75 Å². The van der Waals surface area contributed by atoms with Gasteiger partial charge in [-0.1, -0.05) is 6.07 Å². The Morgan fingerprint density at radius 1 is 1.29 bits per heavy atom. The highest BCUT2D eigenvalue weighted by Crippen LogP contribution is 2.36. The van der Waals surface area contributed by atoms with Crippen LogP contribution in [-0.2, 0) is 32.2 Å². The van der Waals surface area contributed by atoms with E-state index in [2.05, 4.69) is 5.32 Å². The molecule has 28 heavy (non-hydrogen) atoms. The minimum absolute atomic E-state index is 0.0934. The van der Waals surface area contributed by atoms with Gasteiger partial charge in [-0.25, -0.2) is 17.9 Å². The largest absolute Gasteiger partial charge is 0.507 e. The molecule has 1 amide bonds. The average Bonchev–Trinajstić information content (AvgIpc) is 2.59. The summed E-state index contributed by atoms with van der Waals surface area (Å²) in [6.45, 7) is 0. The second kappa shape index (κ2) is 9.21. The molecule has 6 N–H and O–H groups in total. The lowest BCUT2D eigenvalue weighted by Gasteiger charge is -2.19. The molecule has 1 rings (SSSR count). The van der Waals surface area contributed by atoms with Gasteiger partial charge in [0.2, 0.25) is 15.9 Å². The summed E-state index contributed by atoms with van der Waals surface area (Å²) < 4.78 is 63.2. The van der Waals surface area contributed by atoms with Crippen LogP contribution in [-0.4, -0.2) is 55.4 Å². The van der Waals surface area contributed by atoms with Crippen LogP contribution in [0, 0.1) is 0 Å². The first kappa shape index (κ1) is 23.7. The number of aromatic hydroxyl groups is 1. The van der Waals surface area contributed by atoms with Crippen molar-refractivity contribution in [2.45, 2.75) is 31.1 Å². The van der Waals surface area contributed by atoms with Crippen LogP contribution in [0.3, 0.4) is 0 Å². The molecule has 1 aromatic carbocycles. The Labute approximate surface area is 158 Å². The number of phenols is 1. The first-order valence-corrected chi connectivity index (χ1v) is 9.51. The highest BCUT2D eigenvalue weighted by Gasteiger charge is 2.34. The number of carbonyl (C=O) groups is 2. The zero-order valence-electron chi connectivity index (χ0n) is 14.7. The molecule has 0 saturated carbocycles. The molecule has 1 aromatic rings. The topological polar surface area (TPSA) is 159 Å². The number of nitrogens with two attached hydrogens (primary N) is 1. The van der Waals surface area contributed by atoms with Crippen LogP contribution in [0.1, 0.15) is 17.5 Å². The normalized spacial score (nSPS) is 14.3. The van der Waals surface area contributed by atoms with Gasteiger partial charge in [-0.2, -0.15) is 13.2 Å². The molecular weight excluding hydrogens is 407 g/mol. The van der Waals surface area contributed by atoms with Crippen molar-refractivity contribution in [2.24, 2.45) is 5.73 Å². The molecule has 0 aliphatic carbocycles. The molecule has 0 aromatic heterocycles. The third-order valence-corrected chi connectivity index (χ3v) is 5.16. The van der Waals surface area contributed by atoms with Gasteiger partial charge in [-0.05, 0) is 31.2 Å². The molecule has 0 fully saturated rings. The number of halogens is 3. The van der Waals surface area contributed by atoms with Gasteiger partial charge in [0, 0.05) is 6.42 Å². The summed E-state index contributed by atoms with van der Waals surface area (Å²) in [5.41, 5.74) is 4.11. The van der Waals surface area contributed by atoms with E-state index in [1.807, 2.05) is 4.72 Å². The quantitative estimate of drug-likeness (QED) is 0.365. The number of hydrogen-bond acceptors (Lipinski definition) is 6. The van der Waals surface area contributed by atoms with E-state index in [1.54, 1.807) is 0 Å². The predicted octanol–water partition coefficient (Wildman–Crippen LogP) is -0.210. The number of alkyl halides is 3. The Morgan fingerprint density at radius 3 is 2.39 bits per heavy atom. The highest BCUT2D eigenvalue weighted by molar-refractivity contribution is 7.89. The van der Waals surface area contributed by atoms with Crippen LogP contribution >= 0.6 is 0 Å². The minimum atomic E-state index is -4.84. The fourth-order valence-electron chi connectivity index (χ4n) is 2.17. The Hall–Kier alpha value is -2.38. The van der Waals surface area contributed by atoms with Gasteiger partial charge in [0.15, 0.2) is 0 Å². The van der Waals surface area contributed by atoms with Crippen molar-refractivity contribution in [3.63, 3.8) is 0 Å². The van der Waals surface area contributed by atoms with Crippen LogP contribution < -0.4 is 15.8 Å². The maximum absolute atomic E-state index is 12.8. The van der Waals surface area contributed by atoms with Crippen molar-refractivity contribution in [2.75, 3.05) is 12.8 Å². The van der Waals surface area contributed by atoms with Gasteiger partial charge in [0.05, 0.1) is 17.4 Å². The summed E-state index contributed by atoms with van der Waals surface area (Å²) in [5.74, 6) is -3.97. The molecule has 0 bridgehead atoms. The first-order chi connectivity index (χ1) is 12.8. The Balaban J connectivity index is 2.87. The highest BCUT2D eigenvalue weighted by atomic mass is 32.2. The summed E-state index contributed by atoms with van der Waals surface area (Å²) in [4.78, 5) is 23.3. The summed E-state index contributed by atoms with van der Waals surface area (Å²) >= 11 is 0. The molecule has 0 spiro atoms. The Bertz CT molecular complexity index is 829. The van der Waals surface area contributed by atoms with E-state index < -0.39 is 63.6 Å². The summed E-state index contributed by atoms with van der Waals surface area (Å²) in [7, 11) is -2.45. The second-order valence-corrected chi connectivity index (χ2v) is 7.92. The summed E-state index contributed by atoms with van der Waals surface area (Å²) in [6.07, 6.45) is -5.64. The van der Waals surface area contributed by atoms with Crippen molar-refractivity contribution >= 4 is 21.9 Å². The first-order valence-electron chi connectivity index (χ1n) is 7.86. The smallest absolute Gasteiger partial charge is 0.419 e. The van der Waals surface area contributed by atoms with Gasteiger partial charge in [0.1, 0.15) is 11.8 Å². The Morgan fingerprint density at radius 2 is 1.89 bits per heavy atom. The number of carboxylic acid groups (broad SMARTS) is 1. The van der Waals surface area contributed by atoms with Crippen molar-refractivity contribution < 1.29 is 41.4 Å². The standard InChI is InChI=1S/C15H20F3N3O6S/c1-20-28(26,27)5-4-10(19)13(23)21-11(14(24)25)7-8-2-3-12(22)9(6-8)15(16,17)18/h2-3,6,10-11,20,22H,4-5,7,19H2,1H3,(H,21,23)(H,24,25). The van der Waals surface area contributed by atoms with Gasteiger partial charge in [-0.15, -0.1) is 0 Å². The lowest BCUT2D eigenvalue weighted by atomic mass is 10.0. The van der Waals surface area contributed by atoms with Crippen LogP contribution in [0.25, 0.3) is 0 Å². The van der Waals surface area contributed by atoms with E-state index >= 15 is 0 Å². The molecule has 0 aliphatic rings. The number of benzene rings is 1. The molecule has 0 heterocycles. The number of aliphatic carboxylic acids is 1. The third kappa shape index (κ3) is 6.98. The number of amides is 1. The monoisotopic (exact) mass is 427 g/mol. The van der Waals surface area contributed by atoms with Crippen molar-refractivity contribution in [1.82, 2.24) is 10.0 Å². The molecule has 0 aliphatic heterocycles. The van der Waals surface area contributed by atoms with E-state index in [-0.39, 0.29) is 12.0 Å². The van der Waals surface area contributed by atoms with E-state index in [0.29, 0.717) is 6.07 Å². The van der Waals surface area contributed by atoms with Crippen LogP contribution in [0.2, 0.25) is 0 Å². The summed E-state index contributed by atoms with van der Waals surface area (Å²) in [5, 5.41) is 20.6. The van der Waals surface area contributed by atoms with Crippen molar-refractivity contribution in [3.05, 3.63) is 29.3 Å². The minimum Gasteiger partial charge on any atom is -0.507 e. The fraction of sp³-hybridized carbons (Fsp3) is 0.467. The number of carbonyl (C=O) groups excluding carboxylic acids is 1. The third-order valence-electron chi connectivity index (χ3n) is 3.77. The average molecular weight is 427 g/mol. The number of nitrogens with one attached hydrogen (secondary N) is 2. The van der Waals surface area contributed by atoms with Crippen LogP contribution in [0.15, 0.2) is 18.2 Å². The number of rotatable bonds is 9. The van der Waals surface area contributed by atoms with E-state index in [4.69, 9.17) is 5.73 Å². The molecule has 2 unspecified atom stereocenters. The maximum Gasteiger partial charge on any atom is 0.419 e. The Kier molecular flexibility index (Phi) is 7.78. The molecule has 2 atom stereocenters. The van der Waals surface area contributed by atoms with Gasteiger partial charge < -0.3 is 21.3 Å². The van der Waals surface area contributed by atoms with Gasteiger partial charge in [-0.3, -0.25) is 4.79 Å². The number of sulfonamides is 1. The molecular formula is C15H20F3N3O6S. The number of hydrogen-bond donors (Lipinski definition) is 5. The van der Waals surface area contributed by atoms with E-state index in [0.717, 1.165) is 12.1 Å². The lowest BCUT2D eigenvalue weighted by molar-refractivity contribution is -0.142. The zero-order valence-corrected chi connectivity index (χ0v) is 15.5.